The lowest BCUT2D eigenvalue weighted by Gasteiger charge is -2.39. The van der Waals surface area contributed by atoms with E-state index in [0.717, 1.165) is 42.1 Å². The minimum absolute atomic E-state index is 0.135. The Labute approximate surface area is 113 Å². The smallest absolute Gasteiger partial charge is 0.117 e. The molecule has 100 valence electrons. The van der Waals surface area contributed by atoms with E-state index in [1.54, 1.807) is 13.3 Å². The van der Waals surface area contributed by atoms with Gasteiger partial charge in [0.2, 0.25) is 0 Å². The predicted molar refractivity (Wildman–Crippen MR) is 74.9 cm³/mol. The standard InChI is InChI=1S/C16H19NO2/c1-19-15-8-4-5-9-16(15,18)13-10-12-6-2-3-7-14(12)17-11-13/h2-3,6-7,10-11,15,18H,4-5,8-9H2,1H3/t15-,16+/m0/s1. The van der Waals surface area contributed by atoms with Crippen LogP contribution in [-0.2, 0) is 10.3 Å². The lowest BCUT2D eigenvalue weighted by atomic mass is 9.77. The third kappa shape index (κ3) is 2.13. The number of benzene rings is 1. The molecule has 1 aromatic heterocycles. The molecule has 3 rings (SSSR count). The highest BCUT2D eigenvalue weighted by Gasteiger charge is 2.41. The molecular weight excluding hydrogens is 238 g/mol. The maximum absolute atomic E-state index is 11.0. The summed E-state index contributed by atoms with van der Waals surface area (Å²) in [5.74, 6) is 0. The average Bonchev–Trinajstić information content (AvgIpc) is 2.47. The molecule has 3 nitrogen and oxygen atoms in total. The fourth-order valence-corrected chi connectivity index (χ4v) is 3.07. The van der Waals surface area contributed by atoms with E-state index in [4.69, 9.17) is 4.74 Å². The van der Waals surface area contributed by atoms with E-state index in [0.29, 0.717) is 0 Å². The molecule has 1 N–H and O–H groups in total. The van der Waals surface area contributed by atoms with Gasteiger partial charge in [-0.15, -0.1) is 0 Å². The first kappa shape index (κ1) is 12.6. The lowest BCUT2D eigenvalue weighted by Crippen LogP contribution is -2.43. The van der Waals surface area contributed by atoms with Gasteiger partial charge < -0.3 is 9.84 Å². The summed E-state index contributed by atoms with van der Waals surface area (Å²) in [6.07, 6.45) is 5.44. The molecule has 0 amide bonds. The molecule has 0 aliphatic heterocycles. The molecule has 1 aliphatic carbocycles. The van der Waals surface area contributed by atoms with Gasteiger partial charge in [-0.05, 0) is 25.0 Å². The second-order valence-corrected chi connectivity index (χ2v) is 5.31. The second-order valence-electron chi connectivity index (χ2n) is 5.31. The van der Waals surface area contributed by atoms with Gasteiger partial charge in [0.1, 0.15) is 5.60 Å². The third-order valence-electron chi connectivity index (χ3n) is 4.18. The van der Waals surface area contributed by atoms with Crippen molar-refractivity contribution in [1.82, 2.24) is 4.98 Å². The molecule has 1 saturated carbocycles. The number of rotatable bonds is 2. The van der Waals surface area contributed by atoms with Gasteiger partial charge in [0.25, 0.3) is 0 Å². The average molecular weight is 257 g/mol. The van der Waals surface area contributed by atoms with E-state index in [1.165, 1.54) is 0 Å². The van der Waals surface area contributed by atoms with E-state index in [-0.39, 0.29) is 6.10 Å². The largest absolute Gasteiger partial charge is 0.382 e. The minimum atomic E-state index is -0.899. The summed E-state index contributed by atoms with van der Waals surface area (Å²) in [5, 5.41) is 12.1. The summed E-state index contributed by atoms with van der Waals surface area (Å²) >= 11 is 0. The van der Waals surface area contributed by atoms with Crippen LogP contribution in [0.25, 0.3) is 10.9 Å². The predicted octanol–water partition coefficient (Wildman–Crippen LogP) is 3.01. The van der Waals surface area contributed by atoms with Crippen molar-refractivity contribution in [2.24, 2.45) is 0 Å². The van der Waals surface area contributed by atoms with E-state index < -0.39 is 5.60 Å². The number of para-hydroxylation sites is 1. The highest BCUT2D eigenvalue weighted by Crippen LogP contribution is 2.39. The van der Waals surface area contributed by atoms with Crippen molar-refractivity contribution in [2.75, 3.05) is 7.11 Å². The quantitative estimate of drug-likeness (QED) is 0.899. The molecule has 0 spiro atoms. The van der Waals surface area contributed by atoms with Crippen molar-refractivity contribution in [3.63, 3.8) is 0 Å². The number of hydrogen-bond acceptors (Lipinski definition) is 3. The second kappa shape index (κ2) is 4.91. The molecule has 19 heavy (non-hydrogen) atoms. The lowest BCUT2D eigenvalue weighted by molar-refractivity contribution is -0.122. The zero-order valence-corrected chi connectivity index (χ0v) is 11.2. The fraction of sp³-hybridized carbons (Fsp3) is 0.438. The van der Waals surface area contributed by atoms with Crippen LogP contribution >= 0.6 is 0 Å². The van der Waals surface area contributed by atoms with Gasteiger partial charge in [0, 0.05) is 24.3 Å². The van der Waals surface area contributed by atoms with Gasteiger partial charge >= 0.3 is 0 Å². The number of fused-ring (bicyclic) bond motifs is 1. The number of pyridine rings is 1. The molecule has 1 aromatic carbocycles. The number of aromatic nitrogens is 1. The normalized spacial score (nSPS) is 27.6. The molecule has 1 heterocycles. The summed E-state index contributed by atoms with van der Waals surface area (Å²) in [6, 6.07) is 10.0. The van der Waals surface area contributed by atoms with Crippen LogP contribution in [-0.4, -0.2) is 23.3 Å². The Morgan fingerprint density at radius 1 is 1.32 bits per heavy atom. The van der Waals surface area contributed by atoms with Gasteiger partial charge in [-0.2, -0.15) is 0 Å². The summed E-state index contributed by atoms with van der Waals surface area (Å²) < 4.78 is 5.50. The van der Waals surface area contributed by atoms with Gasteiger partial charge in [0.15, 0.2) is 0 Å². The minimum Gasteiger partial charge on any atom is -0.382 e. The Morgan fingerprint density at radius 3 is 3.00 bits per heavy atom. The summed E-state index contributed by atoms with van der Waals surface area (Å²) in [5.41, 5.74) is 0.932. The summed E-state index contributed by atoms with van der Waals surface area (Å²) in [7, 11) is 1.68. The highest BCUT2D eigenvalue weighted by molar-refractivity contribution is 5.78. The van der Waals surface area contributed by atoms with Crippen molar-refractivity contribution in [3.05, 3.63) is 42.1 Å². The Kier molecular flexibility index (Phi) is 3.25. The Bertz CT molecular complexity index is 584. The van der Waals surface area contributed by atoms with Crippen LogP contribution in [0.4, 0.5) is 0 Å². The van der Waals surface area contributed by atoms with Crippen LogP contribution in [0.2, 0.25) is 0 Å². The van der Waals surface area contributed by atoms with Gasteiger partial charge in [0.05, 0.1) is 11.6 Å². The molecular formula is C16H19NO2. The number of aliphatic hydroxyl groups is 1. The van der Waals surface area contributed by atoms with Crippen LogP contribution in [0.3, 0.4) is 0 Å². The highest BCUT2D eigenvalue weighted by atomic mass is 16.5. The molecule has 0 saturated heterocycles. The van der Waals surface area contributed by atoms with Crippen molar-refractivity contribution in [2.45, 2.75) is 37.4 Å². The number of ether oxygens (including phenoxy) is 1. The number of nitrogens with zero attached hydrogens (tertiary/aromatic N) is 1. The number of hydrogen-bond donors (Lipinski definition) is 1. The van der Waals surface area contributed by atoms with Gasteiger partial charge in [-0.3, -0.25) is 4.98 Å². The van der Waals surface area contributed by atoms with Crippen molar-refractivity contribution >= 4 is 10.9 Å². The molecule has 1 fully saturated rings. The number of methoxy groups -OCH3 is 1. The summed E-state index contributed by atoms with van der Waals surface area (Å²) in [4.78, 5) is 4.45. The SMILES string of the molecule is CO[C@H]1CCCC[C@@]1(O)c1cnc2ccccc2c1. The van der Waals surface area contributed by atoms with Crippen LogP contribution in [0.1, 0.15) is 31.2 Å². The molecule has 2 aromatic rings. The first-order valence-electron chi connectivity index (χ1n) is 6.84. The van der Waals surface area contributed by atoms with E-state index in [2.05, 4.69) is 4.98 Å². The van der Waals surface area contributed by atoms with Crippen LogP contribution < -0.4 is 0 Å². The van der Waals surface area contributed by atoms with Crippen LogP contribution in [0, 0.1) is 0 Å². The van der Waals surface area contributed by atoms with E-state index >= 15 is 0 Å². The van der Waals surface area contributed by atoms with Gasteiger partial charge in [-0.1, -0.05) is 31.0 Å². The molecule has 3 heteroatoms. The zero-order valence-electron chi connectivity index (χ0n) is 11.2. The van der Waals surface area contributed by atoms with E-state index in [9.17, 15) is 5.11 Å². The Morgan fingerprint density at radius 2 is 2.16 bits per heavy atom. The fourth-order valence-electron chi connectivity index (χ4n) is 3.07. The molecule has 1 aliphatic rings. The molecule has 0 unspecified atom stereocenters. The molecule has 2 atom stereocenters. The third-order valence-corrected chi connectivity index (χ3v) is 4.18. The topological polar surface area (TPSA) is 42.4 Å². The maximum atomic E-state index is 11.0. The Balaban J connectivity index is 2.06. The maximum Gasteiger partial charge on any atom is 0.117 e. The van der Waals surface area contributed by atoms with Crippen LogP contribution in [0.15, 0.2) is 36.5 Å². The molecule has 0 bridgehead atoms. The monoisotopic (exact) mass is 257 g/mol. The first-order chi connectivity index (χ1) is 9.24. The van der Waals surface area contributed by atoms with Crippen molar-refractivity contribution in [3.8, 4) is 0 Å². The van der Waals surface area contributed by atoms with Gasteiger partial charge in [-0.25, -0.2) is 0 Å². The van der Waals surface area contributed by atoms with Crippen LogP contribution in [0.5, 0.6) is 0 Å². The van der Waals surface area contributed by atoms with E-state index in [1.807, 2.05) is 30.3 Å². The van der Waals surface area contributed by atoms with Crippen molar-refractivity contribution < 1.29 is 9.84 Å². The first-order valence-corrected chi connectivity index (χ1v) is 6.84. The zero-order chi connectivity index (χ0) is 13.3. The molecule has 0 radical (unpaired) electrons. The summed E-state index contributed by atoms with van der Waals surface area (Å²) in [6.45, 7) is 0. The van der Waals surface area contributed by atoms with Crippen molar-refractivity contribution in [1.29, 1.82) is 0 Å². The Hall–Kier alpha value is -1.45.